The molecule has 0 aromatic carbocycles. The number of hydrogen-bond acceptors (Lipinski definition) is 4. The van der Waals surface area contributed by atoms with Crippen LogP contribution in [0.25, 0.3) is 0 Å². The summed E-state index contributed by atoms with van der Waals surface area (Å²) in [7, 11) is 0. The molecule has 0 bridgehead atoms. The Hall–Kier alpha value is -0.530. The standard InChI is InChI=1S/C12H22N4OS2/c1-11(2)7-12(3)15(10(18)14-11)8(5-6-19-4)9(17)16(12)13/h8H,5-7,13H2,1-4H3,(H,14,18)/t8-,12-/m1/s1. The van der Waals surface area contributed by atoms with E-state index in [9.17, 15) is 4.79 Å². The van der Waals surface area contributed by atoms with E-state index in [-0.39, 0.29) is 17.5 Å². The van der Waals surface area contributed by atoms with E-state index in [2.05, 4.69) is 19.2 Å². The Balaban J connectivity index is 2.34. The van der Waals surface area contributed by atoms with Gasteiger partial charge in [0.05, 0.1) is 0 Å². The summed E-state index contributed by atoms with van der Waals surface area (Å²) in [6, 6.07) is -0.237. The van der Waals surface area contributed by atoms with Gasteiger partial charge >= 0.3 is 0 Å². The zero-order valence-corrected chi connectivity index (χ0v) is 13.5. The number of carbonyl (C=O) groups excluding carboxylic acids is 1. The quantitative estimate of drug-likeness (QED) is 0.459. The number of fused-ring (bicyclic) bond motifs is 1. The van der Waals surface area contributed by atoms with Crippen LogP contribution < -0.4 is 11.2 Å². The summed E-state index contributed by atoms with van der Waals surface area (Å²) in [5.41, 5.74) is -0.680. The highest BCUT2D eigenvalue weighted by atomic mass is 32.2. The molecule has 2 fully saturated rings. The molecule has 1 amide bonds. The predicted octanol–water partition coefficient (Wildman–Crippen LogP) is 0.899. The van der Waals surface area contributed by atoms with Crippen LogP contribution in [0.5, 0.6) is 0 Å². The van der Waals surface area contributed by atoms with E-state index < -0.39 is 5.66 Å². The minimum atomic E-state index is -0.522. The van der Waals surface area contributed by atoms with Crippen LogP contribution in [0.3, 0.4) is 0 Å². The number of nitrogens with two attached hydrogens (primary N) is 1. The molecule has 2 rings (SSSR count). The van der Waals surface area contributed by atoms with Crippen molar-refractivity contribution < 1.29 is 4.79 Å². The van der Waals surface area contributed by atoms with E-state index in [1.54, 1.807) is 11.8 Å². The molecule has 19 heavy (non-hydrogen) atoms. The second kappa shape index (κ2) is 4.79. The molecular weight excluding hydrogens is 280 g/mol. The van der Waals surface area contributed by atoms with Gasteiger partial charge in [-0.15, -0.1) is 0 Å². The summed E-state index contributed by atoms with van der Waals surface area (Å²) >= 11 is 7.20. The average molecular weight is 302 g/mol. The van der Waals surface area contributed by atoms with Gasteiger partial charge in [0.25, 0.3) is 5.91 Å². The number of thioether (sulfide) groups is 1. The molecular formula is C12H22N4OS2. The Bertz CT molecular complexity index is 415. The van der Waals surface area contributed by atoms with Crippen molar-refractivity contribution in [3.8, 4) is 0 Å². The van der Waals surface area contributed by atoms with Gasteiger partial charge < -0.3 is 10.2 Å². The van der Waals surface area contributed by atoms with Gasteiger partial charge in [-0.1, -0.05) is 0 Å². The van der Waals surface area contributed by atoms with Crippen LogP contribution >= 0.6 is 24.0 Å². The van der Waals surface area contributed by atoms with Crippen LogP contribution in [-0.4, -0.2) is 50.2 Å². The molecule has 0 spiro atoms. The SMILES string of the molecule is CSCC[C@@H]1C(=O)N(N)[C@]2(C)CC(C)(C)NC(=S)N12. The van der Waals surface area contributed by atoms with Crippen molar-refractivity contribution >= 4 is 35.0 Å². The fourth-order valence-electron chi connectivity index (χ4n) is 3.20. The van der Waals surface area contributed by atoms with E-state index in [4.69, 9.17) is 18.1 Å². The Kier molecular flexibility index (Phi) is 3.75. The summed E-state index contributed by atoms with van der Waals surface area (Å²) in [6.07, 6.45) is 3.55. The number of thiocarbonyl (C=S) groups is 1. The number of carbonyl (C=O) groups is 1. The number of nitrogens with one attached hydrogen (secondary N) is 1. The molecule has 2 atom stereocenters. The highest BCUT2D eigenvalue weighted by molar-refractivity contribution is 7.98. The van der Waals surface area contributed by atoms with Crippen LogP contribution in [0.1, 0.15) is 33.6 Å². The van der Waals surface area contributed by atoms with Crippen molar-refractivity contribution in [2.75, 3.05) is 12.0 Å². The lowest BCUT2D eigenvalue weighted by Crippen LogP contribution is -2.69. The van der Waals surface area contributed by atoms with Gasteiger partial charge in [0.2, 0.25) is 0 Å². The van der Waals surface area contributed by atoms with Crippen molar-refractivity contribution in [3.63, 3.8) is 0 Å². The van der Waals surface area contributed by atoms with E-state index in [0.29, 0.717) is 5.11 Å². The molecule has 5 nitrogen and oxygen atoms in total. The normalized spacial score (nSPS) is 33.4. The molecule has 2 heterocycles. The maximum Gasteiger partial charge on any atom is 0.261 e. The first kappa shape index (κ1) is 14.9. The number of amides is 1. The molecule has 7 heteroatoms. The average Bonchev–Trinajstić information content (AvgIpc) is 2.46. The Morgan fingerprint density at radius 2 is 2.16 bits per heavy atom. The molecule has 0 saturated carbocycles. The van der Waals surface area contributed by atoms with Crippen LogP contribution in [0.15, 0.2) is 0 Å². The van der Waals surface area contributed by atoms with E-state index in [1.807, 2.05) is 18.1 Å². The van der Waals surface area contributed by atoms with Crippen LogP contribution in [0.2, 0.25) is 0 Å². The first-order chi connectivity index (χ1) is 8.73. The first-order valence-corrected chi connectivity index (χ1v) is 8.22. The lowest BCUT2D eigenvalue weighted by molar-refractivity contribution is -0.132. The second-order valence-corrected chi connectivity index (χ2v) is 7.46. The number of hydrogen-bond donors (Lipinski definition) is 2. The van der Waals surface area contributed by atoms with Gasteiger partial charge in [0.15, 0.2) is 5.11 Å². The highest BCUT2D eigenvalue weighted by Crippen LogP contribution is 2.40. The summed E-state index contributed by atoms with van der Waals surface area (Å²) < 4.78 is 0. The van der Waals surface area contributed by atoms with Gasteiger partial charge in [-0.25, -0.2) is 5.84 Å². The number of nitrogens with zero attached hydrogens (tertiary/aromatic N) is 2. The van der Waals surface area contributed by atoms with Crippen molar-refractivity contribution in [1.29, 1.82) is 0 Å². The number of hydrazine groups is 1. The lowest BCUT2D eigenvalue weighted by Gasteiger charge is -2.51. The van der Waals surface area contributed by atoms with Crippen molar-refractivity contribution in [1.82, 2.24) is 15.2 Å². The van der Waals surface area contributed by atoms with Crippen LogP contribution in [0, 0.1) is 0 Å². The zero-order chi connectivity index (χ0) is 14.4. The van der Waals surface area contributed by atoms with Crippen molar-refractivity contribution in [2.24, 2.45) is 5.84 Å². The molecule has 0 aromatic rings. The third-order valence-corrected chi connectivity index (χ3v) is 4.85. The molecule has 2 saturated heterocycles. The lowest BCUT2D eigenvalue weighted by atomic mass is 9.88. The monoisotopic (exact) mass is 302 g/mol. The topological polar surface area (TPSA) is 61.6 Å². The smallest absolute Gasteiger partial charge is 0.261 e. The van der Waals surface area contributed by atoms with E-state index in [0.717, 1.165) is 18.6 Å². The molecule has 2 aliphatic rings. The molecule has 0 radical (unpaired) electrons. The molecule has 2 aliphatic heterocycles. The minimum Gasteiger partial charge on any atom is -0.357 e. The van der Waals surface area contributed by atoms with Gasteiger partial charge in [-0.3, -0.25) is 9.80 Å². The van der Waals surface area contributed by atoms with Crippen LogP contribution in [-0.2, 0) is 4.79 Å². The zero-order valence-electron chi connectivity index (χ0n) is 11.9. The minimum absolute atomic E-state index is 0.0293. The third kappa shape index (κ3) is 2.32. The fraction of sp³-hybridized carbons (Fsp3) is 0.833. The molecule has 3 N–H and O–H groups in total. The van der Waals surface area contributed by atoms with Gasteiger partial charge in [0.1, 0.15) is 11.7 Å². The summed E-state index contributed by atoms with van der Waals surface area (Å²) in [6.45, 7) is 6.16. The van der Waals surface area contributed by atoms with Crippen molar-refractivity contribution in [2.45, 2.75) is 50.9 Å². The summed E-state index contributed by atoms with van der Waals surface area (Å²) in [5.74, 6) is 6.95. The maximum absolute atomic E-state index is 12.4. The van der Waals surface area contributed by atoms with Gasteiger partial charge in [0, 0.05) is 12.0 Å². The molecule has 108 valence electrons. The fourth-order valence-corrected chi connectivity index (χ4v) is 4.26. The Morgan fingerprint density at radius 1 is 1.53 bits per heavy atom. The molecule has 0 aromatic heterocycles. The van der Waals surface area contributed by atoms with E-state index >= 15 is 0 Å². The van der Waals surface area contributed by atoms with Gasteiger partial charge in [-0.05, 0) is 51.4 Å². The largest absolute Gasteiger partial charge is 0.357 e. The maximum atomic E-state index is 12.4. The third-order valence-electron chi connectivity index (χ3n) is 3.91. The molecule has 0 unspecified atom stereocenters. The predicted molar refractivity (Wildman–Crippen MR) is 82.5 cm³/mol. The van der Waals surface area contributed by atoms with Gasteiger partial charge in [-0.2, -0.15) is 11.8 Å². The van der Waals surface area contributed by atoms with Crippen LogP contribution in [0.4, 0.5) is 0 Å². The number of rotatable bonds is 3. The molecule has 0 aliphatic carbocycles. The van der Waals surface area contributed by atoms with Crippen molar-refractivity contribution in [3.05, 3.63) is 0 Å². The first-order valence-electron chi connectivity index (χ1n) is 6.42. The summed E-state index contributed by atoms with van der Waals surface area (Å²) in [4.78, 5) is 14.4. The Morgan fingerprint density at radius 3 is 2.74 bits per heavy atom. The highest BCUT2D eigenvalue weighted by Gasteiger charge is 2.58. The summed E-state index contributed by atoms with van der Waals surface area (Å²) in [5, 5.41) is 5.33. The van der Waals surface area contributed by atoms with E-state index in [1.165, 1.54) is 5.01 Å². The Labute approximate surface area is 124 Å². The second-order valence-electron chi connectivity index (χ2n) is 6.08.